The number of anilines is 1. The van der Waals surface area contributed by atoms with Crippen LogP contribution < -0.4 is 10.6 Å². The van der Waals surface area contributed by atoms with E-state index in [1.165, 1.54) is 0 Å². The van der Waals surface area contributed by atoms with Gasteiger partial charge in [0.2, 0.25) is 5.91 Å². The van der Waals surface area contributed by atoms with Crippen LogP contribution >= 0.6 is 11.6 Å². The van der Waals surface area contributed by atoms with Gasteiger partial charge in [0, 0.05) is 29.5 Å². The quantitative estimate of drug-likeness (QED) is 0.909. The highest BCUT2D eigenvalue weighted by Gasteiger charge is 2.20. The van der Waals surface area contributed by atoms with Gasteiger partial charge in [-0.3, -0.25) is 9.48 Å². The van der Waals surface area contributed by atoms with Crippen molar-refractivity contribution in [3.05, 3.63) is 46.7 Å². The second-order valence-corrected chi connectivity index (χ2v) is 4.98. The third kappa shape index (κ3) is 3.00. The molecule has 2 N–H and O–H groups in total. The van der Waals surface area contributed by atoms with Crippen molar-refractivity contribution < 1.29 is 4.79 Å². The van der Waals surface area contributed by atoms with E-state index in [4.69, 9.17) is 11.6 Å². The highest BCUT2D eigenvalue weighted by Crippen LogP contribution is 2.24. The lowest BCUT2D eigenvalue weighted by atomic mass is 10.1. The number of carbonyl (C=O) groups is 1. The lowest BCUT2D eigenvalue weighted by Crippen LogP contribution is -2.30. The van der Waals surface area contributed by atoms with Crippen LogP contribution in [0.1, 0.15) is 17.2 Å². The number of amides is 1. The Bertz CT molecular complexity index is 623. The van der Waals surface area contributed by atoms with E-state index < -0.39 is 6.04 Å². The molecule has 0 radical (unpaired) electrons. The van der Waals surface area contributed by atoms with Crippen LogP contribution in [0.2, 0.25) is 5.02 Å². The molecule has 2 rings (SSSR count). The Kier molecular flexibility index (Phi) is 4.42. The first-order valence-electron chi connectivity index (χ1n) is 6.24. The van der Waals surface area contributed by atoms with Gasteiger partial charge in [0.15, 0.2) is 0 Å². The second-order valence-electron chi connectivity index (χ2n) is 4.57. The van der Waals surface area contributed by atoms with E-state index in [0.717, 1.165) is 11.1 Å². The molecule has 0 saturated heterocycles. The molecule has 5 nitrogen and oxygen atoms in total. The van der Waals surface area contributed by atoms with Gasteiger partial charge in [-0.2, -0.15) is 5.10 Å². The topological polar surface area (TPSA) is 59.0 Å². The molecule has 1 atom stereocenters. The van der Waals surface area contributed by atoms with E-state index in [1.807, 2.05) is 32.3 Å². The maximum absolute atomic E-state index is 12.4. The van der Waals surface area contributed by atoms with Crippen LogP contribution in [0.5, 0.6) is 0 Å². The molecule has 1 amide bonds. The molecule has 0 bridgehead atoms. The zero-order valence-electron chi connectivity index (χ0n) is 11.6. The van der Waals surface area contributed by atoms with Gasteiger partial charge in [-0.1, -0.05) is 17.7 Å². The third-order valence-electron chi connectivity index (χ3n) is 3.13. The standard InChI is InChI=1S/C14H17ClN4O/c1-9-11(15)5-4-6-12(9)18-14(20)13(16-2)10-7-17-19(3)8-10/h4-8,13,16H,1-3H3,(H,18,20). The molecule has 0 fully saturated rings. The summed E-state index contributed by atoms with van der Waals surface area (Å²) in [6.07, 6.45) is 3.48. The normalized spacial score (nSPS) is 12.2. The van der Waals surface area contributed by atoms with Crippen LogP contribution in [0.15, 0.2) is 30.6 Å². The number of rotatable bonds is 4. The van der Waals surface area contributed by atoms with E-state index in [2.05, 4.69) is 15.7 Å². The van der Waals surface area contributed by atoms with Crippen LogP contribution in [0.25, 0.3) is 0 Å². The SMILES string of the molecule is CNC(C(=O)Nc1cccc(Cl)c1C)c1cnn(C)c1. The molecule has 0 aliphatic rings. The van der Waals surface area contributed by atoms with Crippen molar-refractivity contribution in [3.63, 3.8) is 0 Å². The first kappa shape index (κ1) is 14.6. The van der Waals surface area contributed by atoms with Crippen LogP contribution in [0.4, 0.5) is 5.69 Å². The first-order chi connectivity index (χ1) is 9.52. The van der Waals surface area contributed by atoms with Gasteiger partial charge in [0.25, 0.3) is 0 Å². The molecule has 106 valence electrons. The Morgan fingerprint density at radius 1 is 1.45 bits per heavy atom. The molecule has 1 aromatic carbocycles. The molecule has 0 aliphatic heterocycles. The van der Waals surface area contributed by atoms with Gasteiger partial charge in [-0.05, 0) is 31.7 Å². The van der Waals surface area contributed by atoms with Crippen LogP contribution in [0, 0.1) is 6.92 Å². The number of aryl methyl sites for hydroxylation is 1. The lowest BCUT2D eigenvalue weighted by Gasteiger charge is -2.16. The minimum Gasteiger partial charge on any atom is -0.324 e. The van der Waals surface area contributed by atoms with Crippen molar-refractivity contribution in [2.24, 2.45) is 7.05 Å². The highest BCUT2D eigenvalue weighted by molar-refractivity contribution is 6.31. The number of benzene rings is 1. The molecule has 1 heterocycles. The molecule has 20 heavy (non-hydrogen) atoms. The summed E-state index contributed by atoms with van der Waals surface area (Å²) in [6.45, 7) is 1.87. The molecule has 0 saturated carbocycles. The summed E-state index contributed by atoms with van der Waals surface area (Å²) in [4.78, 5) is 12.4. The van der Waals surface area contributed by atoms with Gasteiger partial charge >= 0.3 is 0 Å². The highest BCUT2D eigenvalue weighted by atomic mass is 35.5. The summed E-state index contributed by atoms with van der Waals surface area (Å²) in [5, 5.41) is 10.6. The Balaban J connectivity index is 2.20. The fourth-order valence-corrected chi connectivity index (χ4v) is 2.16. The first-order valence-corrected chi connectivity index (χ1v) is 6.62. The van der Waals surface area contributed by atoms with E-state index in [0.29, 0.717) is 10.7 Å². The van der Waals surface area contributed by atoms with Crippen molar-refractivity contribution in [2.45, 2.75) is 13.0 Å². The number of aromatic nitrogens is 2. The predicted octanol–water partition coefficient (Wildman–Crippen LogP) is 2.28. The minimum atomic E-state index is -0.456. The molecule has 6 heteroatoms. The predicted molar refractivity (Wildman–Crippen MR) is 79.8 cm³/mol. The Labute approximate surface area is 122 Å². The Morgan fingerprint density at radius 2 is 2.20 bits per heavy atom. The van der Waals surface area contributed by atoms with Crippen molar-refractivity contribution in [3.8, 4) is 0 Å². The summed E-state index contributed by atoms with van der Waals surface area (Å²) in [5.74, 6) is -0.147. The maximum Gasteiger partial charge on any atom is 0.246 e. The monoisotopic (exact) mass is 292 g/mol. The van der Waals surface area contributed by atoms with Gasteiger partial charge < -0.3 is 10.6 Å². The number of nitrogens with one attached hydrogen (secondary N) is 2. The molecular formula is C14H17ClN4O. The fourth-order valence-electron chi connectivity index (χ4n) is 1.99. The number of halogens is 1. The van der Waals surface area contributed by atoms with Gasteiger partial charge in [-0.15, -0.1) is 0 Å². The smallest absolute Gasteiger partial charge is 0.246 e. The van der Waals surface area contributed by atoms with Crippen LogP contribution in [-0.4, -0.2) is 22.7 Å². The second kappa shape index (κ2) is 6.07. The Hall–Kier alpha value is -1.85. The molecule has 1 unspecified atom stereocenters. The van der Waals surface area contributed by atoms with Crippen molar-refractivity contribution in [1.82, 2.24) is 15.1 Å². The summed E-state index contributed by atoms with van der Waals surface area (Å²) in [5.41, 5.74) is 2.38. The van der Waals surface area contributed by atoms with Crippen LogP contribution in [0.3, 0.4) is 0 Å². The van der Waals surface area contributed by atoms with Gasteiger partial charge in [-0.25, -0.2) is 0 Å². The number of hydrogen-bond donors (Lipinski definition) is 2. The average molecular weight is 293 g/mol. The summed E-state index contributed by atoms with van der Waals surface area (Å²) >= 11 is 6.05. The summed E-state index contributed by atoms with van der Waals surface area (Å²) in [6, 6.07) is 4.98. The fraction of sp³-hybridized carbons (Fsp3) is 0.286. The van der Waals surface area contributed by atoms with E-state index in [9.17, 15) is 4.79 Å². The Morgan fingerprint density at radius 3 is 2.80 bits per heavy atom. The van der Waals surface area contributed by atoms with Crippen molar-refractivity contribution >= 4 is 23.2 Å². The number of likely N-dealkylation sites (N-methyl/N-ethyl adjacent to an activating group) is 1. The van der Waals surface area contributed by atoms with Crippen LogP contribution in [-0.2, 0) is 11.8 Å². The van der Waals surface area contributed by atoms with Crippen molar-refractivity contribution in [1.29, 1.82) is 0 Å². The number of carbonyl (C=O) groups excluding carboxylic acids is 1. The van der Waals surface area contributed by atoms with E-state index in [1.54, 1.807) is 24.0 Å². The number of nitrogens with zero attached hydrogens (tertiary/aromatic N) is 2. The van der Waals surface area contributed by atoms with E-state index >= 15 is 0 Å². The largest absolute Gasteiger partial charge is 0.324 e. The van der Waals surface area contributed by atoms with E-state index in [-0.39, 0.29) is 5.91 Å². The maximum atomic E-state index is 12.4. The lowest BCUT2D eigenvalue weighted by molar-refractivity contribution is -0.118. The van der Waals surface area contributed by atoms with Gasteiger partial charge in [0.05, 0.1) is 6.20 Å². The minimum absolute atomic E-state index is 0.147. The molecule has 1 aromatic heterocycles. The molecule has 0 spiro atoms. The summed E-state index contributed by atoms with van der Waals surface area (Å²) in [7, 11) is 3.55. The zero-order valence-corrected chi connectivity index (χ0v) is 12.4. The summed E-state index contributed by atoms with van der Waals surface area (Å²) < 4.78 is 1.66. The number of hydrogen-bond acceptors (Lipinski definition) is 3. The van der Waals surface area contributed by atoms with Crippen molar-refractivity contribution in [2.75, 3.05) is 12.4 Å². The average Bonchev–Trinajstić information content (AvgIpc) is 2.82. The zero-order chi connectivity index (χ0) is 14.7. The molecule has 2 aromatic rings. The van der Waals surface area contributed by atoms with Gasteiger partial charge in [0.1, 0.15) is 6.04 Å². The molecule has 0 aliphatic carbocycles. The third-order valence-corrected chi connectivity index (χ3v) is 3.54. The molecular weight excluding hydrogens is 276 g/mol.